The first-order valence-electron chi connectivity index (χ1n) is 6.78. The number of nitrogens with one attached hydrogen (secondary N) is 1. The average molecular weight is 262 g/mol. The highest BCUT2D eigenvalue weighted by molar-refractivity contribution is 5.78. The van der Waals surface area contributed by atoms with E-state index in [0.29, 0.717) is 6.54 Å². The molecule has 1 aliphatic heterocycles. The van der Waals surface area contributed by atoms with Crippen LogP contribution in [-0.2, 0) is 11.3 Å². The number of benzene rings is 1. The number of carbonyl (C=O) groups is 1. The molecule has 1 aliphatic rings. The zero-order valence-corrected chi connectivity index (χ0v) is 11.7. The van der Waals surface area contributed by atoms with E-state index in [9.17, 15) is 4.79 Å². The van der Waals surface area contributed by atoms with E-state index in [0.717, 1.165) is 37.2 Å². The van der Waals surface area contributed by atoms with Gasteiger partial charge in [0.25, 0.3) is 0 Å². The van der Waals surface area contributed by atoms with Crippen LogP contribution in [0.25, 0.3) is 0 Å². The molecule has 19 heavy (non-hydrogen) atoms. The molecule has 1 fully saturated rings. The van der Waals surface area contributed by atoms with Gasteiger partial charge in [-0.2, -0.15) is 0 Å². The van der Waals surface area contributed by atoms with Gasteiger partial charge in [-0.05, 0) is 44.1 Å². The number of nitrogens with zero attached hydrogens (tertiary/aromatic N) is 1. The summed E-state index contributed by atoms with van der Waals surface area (Å²) in [5.74, 6) is 1.14. The second kappa shape index (κ2) is 6.57. The molecule has 1 saturated heterocycles. The standard InChI is InChI=1S/C15H22N2O2/c1-17-9-3-4-13(11-17)15(18)16-10-12-5-7-14(19-2)8-6-12/h5-8,13H,3-4,9-11H2,1-2H3,(H,16,18). The van der Waals surface area contributed by atoms with Crippen molar-refractivity contribution in [3.8, 4) is 5.75 Å². The molecule has 4 heteroatoms. The van der Waals surface area contributed by atoms with E-state index >= 15 is 0 Å². The summed E-state index contributed by atoms with van der Waals surface area (Å²) in [5, 5.41) is 3.02. The number of piperidine rings is 1. The molecule has 1 aromatic carbocycles. The Labute approximate surface area is 114 Å². The summed E-state index contributed by atoms with van der Waals surface area (Å²) in [5.41, 5.74) is 1.10. The van der Waals surface area contributed by atoms with E-state index < -0.39 is 0 Å². The topological polar surface area (TPSA) is 41.6 Å². The molecular formula is C15H22N2O2. The zero-order chi connectivity index (χ0) is 13.7. The van der Waals surface area contributed by atoms with Gasteiger partial charge in [0, 0.05) is 13.1 Å². The molecule has 0 spiro atoms. The van der Waals surface area contributed by atoms with Crippen LogP contribution in [0.15, 0.2) is 24.3 Å². The number of hydrogen-bond donors (Lipinski definition) is 1. The maximum Gasteiger partial charge on any atom is 0.224 e. The molecule has 0 bridgehead atoms. The first kappa shape index (κ1) is 13.9. The van der Waals surface area contributed by atoms with E-state index in [4.69, 9.17) is 4.74 Å². The summed E-state index contributed by atoms with van der Waals surface area (Å²) < 4.78 is 5.11. The molecule has 0 aromatic heterocycles. The summed E-state index contributed by atoms with van der Waals surface area (Å²) in [6.07, 6.45) is 2.11. The van der Waals surface area contributed by atoms with Crippen molar-refractivity contribution in [2.45, 2.75) is 19.4 Å². The third-order valence-corrected chi connectivity index (χ3v) is 3.62. The van der Waals surface area contributed by atoms with Crippen LogP contribution in [0, 0.1) is 5.92 Å². The van der Waals surface area contributed by atoms with E-state index in [1.54, 1.807) is 7.11 Å². The fraction of sp³-hybridized carbons (Fsp3) is 0.533. The minimum absolute atomic E-state index is 0.136. The van der Waals surface area contributed by atoms with Crippen LogP contribution < -0.4 is 10.1 Å². The van der Waals surface area contributed by atoms with Crippen molar-refractivity contribution in [2.75, 3.05) is 27.2 Å². The van der Waals surface area contributed by atoms with Gasteiger partial charge < -0.3 is 15.0 Å². The molecule has 4 nitrogen and oxygen atoms in total. The monoisotopic (exact) mass is 262 g/mol. The third-order valence-electron chi connectivity index (χ3n) is 3.62. The number of hydrogen-bond acceptors (Lipinski definition) is 3. The van der Waals surface area contributed by atoms with Crippen LogP contribution in [0.5, 0.6) is 5.75 Å². The Morgan fingerprint density at radius 1 is 1.42 bits per heavy atom. The lowest BCUT2D eigenvalue weighted by atomic mass is 9.97. The molecule has 2 rings (SSSR count). The van der Waals surface area contributed by atoms with Gasteiger partial charge >= 0.3 is 0 Å². The van der Waals surface area contributed by atoms with Crippen molar-refractivity contribution < 1.29 is 9.53 Å². The molecule has 0 aliphatic carbocycles. The second-order valence-electron chi connectivity index (χ2n) is 5.17. The molecule has 1 heterocycles. The van der Waals surface area contributed by atoms with E-state index in [2.05, 4.69) is 17.3 Å². The van der Waals surface area contributed by atoms with Crippen LogP contribution in [0.3, 0.4) is 0 Å². The number of likely N-dealkylation sites (tertiary alicyclic amines) is 1. The Morgan fingerprint density at radius 2 is 2.16 bits per heavy atom. The van der Waals surface area contributed by atoms with Gasteiger partial charge in [0.15, 0.2) is 0 Å². The number of rotatable bonds is 4. The van der Waals surface area contributed by atoms with Crippen LogP contribution in [0.1, 0.15) is 18.4 Å². The summed E-state index contributed by atoms with van der Waals surface area (Å²) in [7, 11) is 3.72. The molecule has 1 N–H and O–H groups in total. The first-order chi connectivity index (χ1) is 9.19. The van der Waals surface area contributed by atoms with Crippen LogP contribution in [0.2, 0.25) is 0 Å². The minimum Gasteiger partial charge on any atom is -0.497 e. The molecule has 1 amide bonds. The van der Waals surface area contributed by atoms with E-state index in [-0.39, 0.29) is 11.8 Å². The molecule has 0 saturated carbocycles. The Morgan fingerprint density at radius 3 is 2.79 bits per heavy atom. The Kier molecular flexibility index (Phi) is 4.80. The zero-order valence-electron chi connectivity index (χ0n) is 11.7. The SMILES string of the molecule is COc1ccc(CNC(=O)C2CCCN(C)C2)cc1. The second-order valence-corrected chi connectivity index (χ2v) is 5.17. The van der Waals surface area contributed by atoms with Crippen molar-refractivity contribution in [1.82, 2.24) is 10.2 Å². The van der Waals surface area contributed by atoms with Gasteiger partial charge in [0.2, 0.25) is 5.91 Å². The summed E-state index contributed by atoms with van der Waals surface area (Å²) >= 11 is 0. The number of ether oxygens (including phenoxy) is 1. The average Bonchev–Trinajstić information content (AvgIpc) is 2.45. The van der Waals surface area contributed by atoms with Crippen LogP contribution >= 0.6 is 0 Å². The maximum atomic E-state index is 12.1. The fourth-order valence-corrected chi connectivity index (χ4v) is 2.46. The van der Waals surface area contributed by atoms with Gasteiger partial charge in [0.05, 0.1) is 13.0 Å². The van der Waals surface area contributed by atoms with Crippen LogP contribution in [0.4, 0.5) is 0 Å². The summed E-state index contributed by atoms with van der Waals surface area (Å²) in [6.45, 7) is 2.56. The molecule has 1 unspecified atom stereocenters. The highest BCUT2D eigenvalue weighted by atomic mass is 16.5. The number of carbonyl (C=O) groups excluding carboxylic acids is 1. The lowest BCUT2D eigenvalue weighted by Gasteiger charge is -2.28. The number of methoxy groups -OCH3 is 1. The predicted octanol–water partition coefficient (Wildman–Crippen LogP) is 1.65. The Bertz CT molecular complexity index is 417. The molecule has 104 valence electrons. The van der Waals surface area contributed by atoms with Gasteiger partial charge in [-0.1, -0.05) is 12.1 Å². The van der Waals surface area contributed by atoms with Crippen molar-refractivity contribution in [3.05, 3.63) is 29.8 Å². The van der Waals surface area contributed by atoms with Crippen molar-refractivity contribution in [1.29, 1.82) is 0 Å². The molecular weight excluding hydrogens is 240 g/mol. The van der Waals surface area contributed by atoms with Crippen LogP contribution in [-0.4, -0.2) is 38.1 Å². The summed E-state index contributed by atoms with van der Waals surface area (Å²) in [4.78, 5) is 14.3. The van der Waals surface area contributed by atoms with E-state index in [1.165, 1.54) is 0 Å². The van der Waals surface area contributed by atoms with Crippen molar-refractivity contribution in [2.24, 2.45) is 5.92 Å². The van der Waals surface area contributed by atoms with Gasteiger partial charge in [-0.25, -0.2) is 0 Å². The quantitative estimate of drug-likeness (QED) is 0.897. The third kappa shape index (κ3) is 3.96. The lowest BCUT2D eigenvalue weighted by molar-refractivity contribution is -0.126. The molecule has 1 atom stereocenters. The highest BCUT2D eigenvalue weighted by Gasteiger charge is 2.23. The van der Waals surface area contributed by atoms with Gasteiger partial charge in [-0.3, -0.25) is 4.79 Å². The maximum absolute atomic E-state index is 12.1. The normalized spacial score (nSPS) is 20.0. The lowest BCUT2D eigenvalue weighted by Crippen LogP contribution is -2.41. The Balaban J connectivity index is 1.82. The fourth-order valence-electron chi connectivity index (χ4n) is 2.46. The molecule has 0 radical (unpaired) electrons. The van der Waals surface area contributed by atoms with Gasteiger partial charge in [-0.15, -0.1) is 0 Å². The van der Waals surface area contributed by atoms with Crippen molar-refractivity contribution >= 4 is 5.91 Å². The van der Waals surface area contributed by atoms with E-state index in [1.807, 2.05) is 24.3 Å². The molecule has 1 aromatic rings. The summed E-state index contributed by atoms with van der Waals surface area (Å²) in [6, 6.07) is 7.78. The largest absolute Gasteiger partial charge is 0.497 e. The highest BCUT2D eigenvalue weighted by Crippen LogP contribution is 2.15. The predicted molar refractivity (Wildman–Crippen MR) is 75.1 cm³/mol. The van der Waals surface area contributed by atoms with Crippen molar-refractivity contribution in [3.63, 3.8) is 0 Å². The Hall–Kier alpha value is -1.55. The first-order valence-corrected chi connectivity index (χ1v) is 6.78. The van der Waals surface area contributed by atoms with Gasteiger partial charge in [0.1, 0.15) is 5.75 Å². The minimum atomic E-state index is 0.136. The smallest absolute Gasteiger partial charge is 0.224 e. The number of amides is 1.